The molecular weight excluding hydrogens is 444 g/mol. The number of ether oxygens (including phenoxy) is 1. The van der Waals surface area contributed by atoms with Crippen LogP contribution in [0.1, 0.15) is 5.56 Å². The van der Waals surface area contributed by atoms with Crippen molar-refractivity contribution >= 4 is 45.8 Å². The molecule has 0 bridgehead atoms. The third-order valence-corrected chi connectivity index (χ3v) is 5.84. The molecule has 0 radical (unpaired) electrons. The topological polar surface area (TPSA) is 114 Å². The molecule has 0 spiro atoms. The van der Waals surface area contributed by atoms with Gasteiger partial charge in [-0.15, -0.1) is 0 Å². The molecule has 3 N–H and O–H groups in total. The Labute approximate surface area is 196 Å². The Kier molecular flexibility index (Phi) is 6.90. The number of hydrogen-bond acceptors (Lipinski definition) is 7. The van der Waals surface area contributed by atoms with Gasteiger partial charge in [-0.2, -0.15) is 0 Å². The number of benzene rings is 2. The van der Waals surface area contributed by atoms with Gasteiger partial charge in [0.15, 0.2) is 0 Å². The van der Waals surface area contributed by atoms with Crippen molar-refractivity contribution in [1.29, 1.82) is 0 Å². The van der Waals surface area contributed by atoms with Crippen LogP contribution in [0.4, 0.5) is 11.5 Å². The van der Waals surface area contributed by atoms with E-state index in [4.69, 9.17) is 22.1 Å². The highest BCUT2D eigenvalue weighted by Crippen LogP contribution is 2.21. The van der Waals surface area contributed by atoms with Crippen LogP contribution in [0, 0.1) is 0 Å². The van der Waals surface area contributed by atoms with Crippen molar-refractivity contribution in [1.82, 2.24) is 19.8 Å². The molecule has 1 saturated heterocycles. The number of nitrogens with zero attached hydrogens (tertiary/aromatic N) is 4. The number of fused-ring (bicyclic) bond motifs is 1. The Hall–Kier alpha value is -3.43. The van der Waals surface area contributed by atoms with E-state index < -0.39 is 6.04 Å². The number of methoxy groups -OCH3 is 1. The van der Waals surface area contributed by atoms with Gasteiger partial charge in [0.2, 0.25) is 11.8 Å². The highest BCUT2D eigenvalue weighted by molar-refractivity contribution is 6.30. The Morgan fingerprint density at radius 1 is 1.24 bits per heavy atom. The second kappa shape index (κ2) is 10.0. The van der Waals surface area contributed by atoms with E-state index in [9.17, 15) is 9.59 Å². The molecule has 0 saturated carbocycles. The first-order chi connectivity index (χ1) is 16.0. The van der Waals surface area contributed by atoms with Crippen molar-refractivity contribution in [3.63, 3.8) is 0 Å². The molecule has 9 nitrogen and oxygen atoms in total. The fraction of sp³-hybridized carbons (Fsp3) is 0.304. The minimum Gasteiger partial charge on any atom is -0.383 e. The molecule has 1 aliphatic rings. The summed E-state index contributed by atoms with van der Waals surface area (Å²) in [5.74, 6) is 0.0886. The van der Waals surface area contributed by atoms with Crippen LogP contribution in [0.25, 0.3) is 10.9 Å². The molecule has 2 heterocycles. The van der Waals surface area contributed by atoms with Crippen LogP contribution in [-0.4, -0.2) is 71.0 Å². The largest absolute Gasteiger partial charge is 0.383 e. The molecule has 1 atom stereocenters. The number of aromatic nitrogens is 2. The van der Waals surface area contributed by atoms with Gasteiger partial charge in [0, 0.05) is 42.8 Å². The third-order valence-electron chi connectivity index (χ3n) is 5.60. The predicted octanol–water partition coefficient (Wildman–Crippen LogP) is 2.16. The van der Waals surface area contributed by atoms with Crippen molar-refractivity contribution in [2.45, 2.75) is 12.6 Å². The first-order valence-electron chi connectivity index (χ1n) is 10.5. The zero-order valence-electron chi connectivity index (χ0n) is 18.2. The maximum absolute atomic E-state index is 13.2. The van der Waals surface area contributed by atoms with Gasteiger partial charge in [0.25, 0.3) is 0 Å². The molecule has 1 aromatic heterocycles. The average molecular weight is 469 g/mol. The molecule has 1 unspecified atom stereocenters. The summed E-state index contributed by atoms with van der Waals surface area (Å²) in [6, 6.07) is 12.1. The van der Waals surface area contributed by atoms with E-state index in [-0.39, 0.29) is 25.0 Å². The zero-order valence-corrected chi connectivity index (χ0v) is 19.0. The van der Waals surface area contributed by atoms with Crippen LogP contribution < -0.4 is 11.1 Å². The predicted molar refractivity (Wildman–Crippen MR) is 127 cm³/mol. The van der Waals surface area contributed by atoms with Gasteiger partial charge in [-0.1, -0.05) is 23.7 Å². The number of piperazine rings is 1. The average Bonchev–Trinajstić information content (AvgIpc) is 2.80. The number of anilines is 2. The van der Waals surface area contributed by atoms with Crippen molar-refractivity contribution in [3.05, 3.63) is 59.4 Å². The Morgan fingerprint density at radius 3 is 2.88 bits per heavy atom. The zero-order chi connectivity index (χ0) is 23.4. The van der Waals surface area contributed by atoms with Gasteiger partial charge in [0.1, 0.15) is 18.2 Å². The first kappa shape index (κ1) is 22.8. The molecule has 10 heteroatoms. The number of amides is 2. The lowest BCUT2D eigenvalue weighted by Gasteiger charge is -2.40. The number of hydrogen-bond donors (Lipinski definition) is 2. The fourth-order valence-electron chi connectivity index (χ4n) is 3.93. The summed E-state index contributed by atoms with van der Waals surface area (Å²) in [5.41, 5.74) is 8.29. The van der Waals surface area contributed by atoms with Gasteiger partial charge in [-0.3, -0.25) is 9.59 Å². The number of carbonyl (C=O) groups excluding carboxylic acids is 2. The standard InChI is InChI=1S/C23H25ClN6O3/c1-33-13-20-23(32)29(12-15-5-6-18-19(9-15)27-14-28-22(18)25)7-8-30(20)21(31)11-26-17-4-2-3-16(24)10-17/h2-6,9-10,14,20,26H,7-8,11-13H2,1H3,(H2,25,27,28). The molecule has 3 aromatic rings. The highest BCUT2D eigenvalue weighted by atomic mass is 35.5. The molecule has 33 heavy (non-hydrogen) atoms. The monoisotopic (exact) mass is 468 g/mol. The Morgan fingerprint density at radius 2 is 2.09 bits per heavy atom. The normalized spacial score (nSPS) is 16.3. The molecule has 0 aliphatic carbocycles. The molecule has 1 aliphatic heterocycles. The number of nitrogen functional groups attached to an aromatic ring is 1. The lowest BCUT2D eigenvalue weighted by atomic mass is 10.1. The van der Waals surface area contributed by atoms with E-state index >= 15 is 0 Å². The molecule has 4 rings (SSSR count). The SMILES string of the molecule is COCC1C(=O)N(Cc2ccc3c(N)ncnc3c2)CCN1C(=O)CNc1cccc(Cl)c1. The third kappa shape index (κ3) is 5.15. The lowest BCUT2D eigenvalue weighted by Crippen LogP contribution is -2.60. The van der Waals surface area contributed by atoms with Crippen LogP contribution in [0.5, 0.6) is 0 Å². The van der Waals surface area contributed by atoms with Gasteiger partial charge in [-0.25, -0.2) is 9.97 Å². The number of nitrogens with two attached hydrogens (primary N) is 1. The smallest absolute Gasteiger partial charge is 0.248 e. The summed E-state index contributed by atoms with van der Waals surface area (Å²) >= 11 is 6.00. The van der Waals surface area contributed by atoms with Gasteiger partial charge < -0.3 is 25.6 Å². The Bertz CT molecular complexity index is 1170. The molecule has 2 aromatic carbocycles. The van der Waals surface area contributed by atoms with Crippen LogP contribution in [0.15, 0.2) is 48.8 Å². The van der Waals surface area contributed by atoms with E-state index in [2.05, 4.69) is 15.3 Å². The number of carbonyl (C=O) groups is 2. The molecule has 1 fully saturated rings. The minimum absolute atomic E-state index is 0.0552. The van der Waals surface area contributed by atoms with E-state index in [1.807, 2.05) is 24.3 Å². The van der Waals surface area contributed by atoms with E-state index in [0.717, 1.165) is 22.2 Å². The van der Waals surface area contributed by atoms with Crippen molar-refractivity contribution < 1.29 is 14.3 Å². The summed E-state index contributed by atoms with van der Waals surface area (Å²) in [5, 5.41) is 4.42. The van der Waals surface area contributed by atoms with Crippen LogP contribution in [0.3, 0.4) is 0 Å². The summed E-state index contributed by atoms with van der Waals surface area (Å²) < 4.78 is 5.27. The first-order valence-corrected chi connectivity index (χ1v) is 10.9. The lowest BCUT2D eigenvalue weighted by molar-refractivity contribution is -0.153. The quantitative estimate of drug-likeness (QED) is 0.546. The van der Waals surface area contributed by atoms with Crippen LogP contribution >= 0.6 is 11.6 Å². The second-order valence-electron chi connectivity index (χ2n) is 7.79. The molecular formula is C23H25ClN6O3. The molecule has 2 amide bonds. The summed E-state index contributed by atoms with van der Waals surface area (Å²) in [6.07, 6.45) is 1.42. The van der Waals surface area contributed by atoms with Gasteiger partial charge >= 0.3 is 0 Å². The summed E-state index contributed by atoms with van der Waals surface area (Å²) in [6.45, 7) is 1.42. The van der Waals surface area contributed by atoms with Gasteiger partial charge in [0.05, 0.1) is 18.7 Å². The second-order valence-corrected chi connectivity index (χ2v) is 8.23. The maximum atomic E-state index is 13.2. The Balaban J connectivity index is 1.44. The fourth-order valence-corrected chi connectivity index (χ4v) is 4.12. The van der Waals surface area contributed by atoms with Crippen LogP contribution in [-0.2, 0) is 20.9 Å². The van der Waals surface area contributed by atoms with Crippen LogP contribution in [0.2, 0.25) is 5.02 Å². The maximum Gasteiger partial charge on any atom is 0.248 e. The number of rotatable bonds is 7. The van der Waals surface area contributed by atoms with Crippen molar-refractivity contribution in [2.75, 3.05) is 44.4 Å². The summed E-state index contributed by atoms with van der Waals surface area (Å²) in [7, 11) is 1.52. The van der Waals surface area contributed by atoms with E-state index in [1.165, 1.54) is 13.4 Å². The number of nitrogens with one attached hydrogen (secondary N) is 1. The summed E-state index contributed by atoms with van der Waals surface area (Å²) in [4.78, 5) is 37.7. The molecule has 172 valence electrons. The van der Waals surface area contributed by atoms with Crippen molar-refractivity contribution in [3.8, 4) is 0 Å². The highest BCUT2D eigenvalue weighted by Gasteiger charge is 2.37. The minimum atomic E-state index is -0.684. The van der Waals surface area contributed by atoms with Gasteiger partial charge in [-0.05, 0) is 35.9 Å². The van der Waals surface area contributed by atoms with E-state index in [0.29, 0.717) is 30.5 Å². The van der Waals surface area contributed by atoms with Crippen molar-refractivity contribution in [2.24, 2.45) is 0 Å². The number of halogens is 1. The van der Waals surface area contributed by atoms with E-state index in [1.54, 1.807) is 28.0 Å².